The lowest BCUT2D eigenvalue weighted by Gasteiger charge is -2.06. The zero-order chi connectivity index (χ0) is 9.68. The number of hydrogen-bond donors (Lipinski definition) is 0. The van der Waals surface area contributed by atoms with Crippen molar-refractivity contribution in [3.8, 4) is 5.75 Å². The third-order valence-electron chi connectivity index (χ3n) is 1.56. The van der Waals surface area contributed by atoms with E-state index in [0.717, 1.165) is 0 Å². The number of Topliss-reactive ketones (excluding diaryl/α,β-unsaturated/α-hetero) is 1. The predicted molar refractivity (Wildman–Crippen MR) is 47.0 cm³/mol. The van der Waals surface area contributed by atoms with Crippen molar-refractivity contribution < 1.29 is 14.6 Å². The Labute approximate surface area is 77.0 Å². The first-order chi connectivity index (χ1) is 6.24. The van der Waals surface area contributed by atoms with Gasteiger partial charge in [0.25, 0.3) is 0 Å². The van der Waals surface area contributed by atoms with Crippen LogP contribution in [0.1, 0.15) is 12.5 Å². The van der Waals surface area contributed by atoms with Crippen LogP contribution in [0.2, 0.25) is 0 Å². The third-order valence-corrected chi connectivity index (χ3v) is 1.56. The van der Waals surface area contributed by atoms with E-state index in [1.807, 2.05) is 0 Å². The van der Waals surface area contributed by atoms with Crippen molar-refractivity contribution in [3.05, 3.63) is 29.8 Å². The number of carbonyl (C=O) groups is 1. The number of ether oxygens (including phenoxy) is 1. The molecule has 3 nitrogen and oxygen atoms in total. The SMILES string of the molecule is CC(=O)COc1ccccc1C[O]. The van der Waals surface area contributed by atoms with Gasteiger partial charge in [-0.2, -0.15) is 0 Å². The zero-order valence-electron chi connectivity index (χ0n) is 7.45. The fourth-order valence-electron chi connectivity index (χ4n) is 0.943. The molecule has 0 unspecified atom stereocenters. The van der Waals surface area contributed by atoms with Crippen LogP contribution in [-0.2, 0) is 16.5 Å². The molecule has 0 aliphatic rings. The molecule has 0 saturated heterocycles. The Morgan fingerprint density at radius 2 is 2.08 bits per heavy atom. The van der Waals surface area contributed by atoms with E-state index in [9.17, 15) is 9.90 Å². The Kier molecular flexibility index (Phi) is 3.46. The number of hydrogen-bond acceptors (Lipinski definition) is 2. The number of carbonyl (C=O) groups excluding carboxylic acids is 1. The van der Waals surface area contributed by atoms with Crippen molar-refractivity contribution in [1.29, 1.82) is 0 Å². The molecule has 0 N–H and O–H groups in total. The van der Waals surface area contributed by atoms with Gasteiger partial charge in [0.1, 0.15) is 19.0 Å². The lowest BCUT2D eigenvalue weighted by Crippen LogP contribution is -2.07. The maximum atomic E-state index is 10.6. The Bertz CT molecular complexity index is 294. The second-order valence-electron chi connectivity index (χ2n) is 2.74. The van der Waals surface area contributed by atoms with Crippen molar-refractivity contribution >= 4 is 5.78 Å². The largest absolute Gasteiger partial charge is 0.485 e. The van der Waals surface area contributed by atoms with Crippen LogP contribution in [0, 0.1) is 0 Å². The standard InChI is InChI=1S/C10H11O3/c1-8(12)7-13-10-5-3-2-4-9(10)6-11/h2-5H,6-7H2,1H3. The summed E-state index contributed by atoms with van der Waals surface area (Å²) in [7, 11) is 0. The molecule has 0 amide bonds. The molecule has 0 aliphatic heterocycles. The van der Waals surface area contributed by atoms with Crippen LogP contribution in [0.15, 0.2) is 24.3 Å². The maximum Gasteiger partial charge on any atom is 0.167 e. The molecule has 1 rings (SSSR count). The van der Waals surface area contributed by atoms with Crippen LogP contribution in [0.4, 0.5) is 0 Å². The molecule has 1 aromatic carbocycles. The molecular weight excluding hydrogens is 168 g/mol. The molecule has 13 heavy (non-hydrogen) atoms. The normalized spacial score (nSPS) is 9.69. The highest BCUT2D eigenvalue weighted by Crippen LogP contribution is 2.17. The second kappa shape index (κ2) is 4.62. The first-order valence-corrected chi connectivity index (χ1v) is 4.02. The summed E-state index contributed by atoms with van der Waals surface area (Å²) in [6.45, 7) is 1.14. The fraction of sp³-hybridized carbons (Fsp3) is 0.300. The molecule has 0 bridgehead atoms. The van der Waals surface area contributed by atoms with Gasteiger partial charge in [0.2, 0.25) is 0 Å². The minimum Gasteiger partial charge on any atom is -0.485 e. The van der Waals surface area contributed by atoms with Crippen LogP contribution in [0.3, 0.4) is 0 Å². The van der Waals surface area contributed by atoms with Crippen molar-refractivity contribution in [2.75, 3.05) is 6.61 Å². The Morgan fingerprint density at radius 1 is 1.38 bits per heavy atom. The summed E-state index contributed by atoms with van der Waals surface area (Å²) in [5.41, 5.74) is 0.587. The summed E-state index contributed by atoms with van der Waals surface area (Å²) in [6.07, 6.45) is 0. The molecule has 0 saturated carbocycles. The summed E-state index contributed by atoms with van der Waals surface area (Å²) in [6, 6.07) is 6.93. The van der Waals surface area contributed by atoms with Crippen LogP contribution < -0.4 is 4.74 Å². The number of para-hydroxylation sites is 1. The maximum absolute atomic E-state index is 10.6. The molecule has 0 fully saturated rings. The highest BCUT2D eigenvalue weighted by atomic mass is 16.5. The minimum absolute atomic E-state index is 0.0248. The van der Waals surface area contributed by atoms with E-state index in [0.29, 0.717) is 11.3 Å². The lowest BCUT2D eigenvalue weighted by molar-refractivity contribution is -0.118. The minimum atomic E-state index is -0.325. The highest BCUT2D eigenvalue weighted by molar-refractivity contribution is 5.77. The molecule has 0 spiro atoms. The summed E-state index contributed by atoms with van der Waals surface area (Å²) in [5.74, 6) is 0.452. The van der Waals surface area contributed by atoms with E-state index in [-0.39, 0.29) is 19.0 Å². The summed E-state index contributed by atoms with van der Waals surface area (Å²) < 4.78 is 5.14. The summed E-state index contributed by atoms with van der Waals surface area (Å²) >= 11 is 0. The van der Waals surface area contributed by atoms with Crippen molar-refractivity contribution in [2.24, 2.45) is 0 Å². The smallest absolute Gasteiger partial charge is 0.167 e. The van der Waals surface area contributed by atoms with E-state index in [1.165, 1.54) is 6.92 Å². The molecule has 0 aromatic heterocycles. The van der Waals surface area contributed by atoms with E-state index in [2.05, 4.69) is 0 Å². The molecule has 0 heterocycles. The quantitative estimate of drug-likeness (QED) is 0.704. The van der Waals surface area contributed by atoms with E-state index in [1.54, 1.807) is 24.3 Å². The van der Waals surface area contributed by atoms with Gasteiger partial charge in [-0.1, -0.05) is 18.2 Å². The molecule has 1 aromatic rings. The number of ketones is 1. The Balaban J connectivity index is 2.69. The molecular formula is C10H11O3. The van der Waals surface area contributed by atoms with Gasteiger partial charge in [0.15, 0.2) is 5.78 Å². The fourth-order valence-corrected chi connectivity index (χ4v) is 0.943. The third kappa shape index (κ3) is 2.87. The average Bonchev–Trinajstić information content (AvgIpc) is 2.15. The van der Waals surface area contributed by atoms with Crippen molar-refractivity contribution in [1.82, 2.24) is 0 Å². The van der Waals surface area contributed by atoms with E-state index >= 15 is 0 Å². The van der Waals surface area contributed by atoms with Gasteiger partial charge in [-0.15, -0.1) is 0 Å². The van der Waals surface area contributed by atoms with E-state index < -0.39 is 0 Å². The van der Waals surface area contributed by atoms with Gasteiger partial charge in [-0.3, -0.25) is 4.79 Å². The molecule has 1 radical (unpaired) electrons. The summed E-state index contributed by atoms with van der Waals surface area (Å²) in [4.78, 5) is 10.6. The van der Waals surface area contributed by atoms with Gasteiger partial charge in [-0.05, 0) is 13.0 Å². The molecule has 3 heteroatoms. The Morgan fingerprint density at radius 3 is 2.69 bits per heavy atom. The number of benzene rings is 1. The lowest BCUT2D eigenvalue weighted by atomic mass is 10.2. The molecule has 0 atom stereocenters. The second-order valence-corrected chi connectivity index (χ2v) is 2.74. The van der Waals surface area contributed by atoms with Gasteiger partial charge >= 0.3 is 0 Å². The monoisotopic (exact) mass is 179 g/mol. The van der Waals surface area contributed by atoms with Crippen LogP contribution in [-0.4, -0.2) is 12.4 Å². The Hall–Kier alpha value is -1.35. The van der Waals surface area contributed by atoms with Gasteiger partial charge < -0.3 is 4.74 Å². The highest BCUT2D eigenvalue weighted by Gasteiger charge is 2.02. The molecule has 0 aliphatic carbocycles. The molecule has 69 valence electrons. The van der Waals surface area contributed by atoms with Crippen LogP contribution in [0.5, 0.6) is 5.75 Å². The van der Waals surface area contributed by atoms with Crippen LogP contribution >= 0.6 is 0 Å². The van der Waals surface area contributed by atoms with Crippen molar-refractivity contribution in [3.63, 3.8) is 0 Å². The number of rotatable bonds is 4. The average molecular weight is 179 g/mol. The first kappa shape index (κ1) is 9.74. The predicted octanol–water partition coefficient (Wildman–Crippen LogP) is 1.58. The van der Waals surface area contributed by atoms with E-state index in [4.69, 9.17) is 4.74 Å². The zero-order valence-corrected chi connectivity index (χ0v) is 7.45. The van der Waals surface area contributed by atoms with Gasteiger partial charge in [0.05, 0.1) is 0 Å². The van der Waals surface area contributed by atoms with Gasteiger partial charge in [0, 0.05) is 5.56 Å². The van der Waals surface area contributed by atoms with Crippen molar-refractivity contribution in [2.45, 2.75) is 13.5 Å². The first-order valence-electron chi connectivity index (χ1n) is 4.02. The topological polar surface area (TPSA) is 46.2 Å². The van der Waals surface area contributed by atoms with Gasteiger partial charge in [-0.25, -0.2) is 5.11 Å². The summed E-state index contributed by atoms with van der Waals surface area (Å²) in [5, 5.41) is 10.6. The van der Waals surface area contributed by atoms with Crippen LogP contribution in [0.25, 0.3) is 0 Å².